The summed E-state index contributed by atoms with van der Waals surface area (Å²) >= 11 is 0. The van der Waals surface area contributed by atoms with E-state index in [1.54, 1.807) is 0 Å². The van der Waals surface area contributed by atoms with Gasteiger partial charge in [0.25, 0.3) is 0 Å². The van der Waals surface area contributed by atoms with Gasteiger partial charge in [-0.2, -0.15) is 4.98 Å². The second-order valence-corrected chi connectivity index (χ2v) is 8.35. The second-order valence-electron chi connectivity index (χ2n) is 8.35. The highest BCUT2D eigenvalue weighted by Crippen LogP contribution is 2.24. The first kappa shape index (κ1) is 22.9. The molecule has 0 amide bonds. The number of hydrogen-bond acceptors (Lipinski definition) is 7. The molecule has 0 saturated heterocycles. The third kappa shape index (κ3) is 6.89. The third-order valence-electron chi connectivity index (χ3n) is 5.38. The number of aromatic nitrogens is 2. The molecule has 8 heteroatoms. The highest BCUT2D eigenvalue weighted by molar-refractivity contribution is 5.71. The van der Waals surface area contributed by atoms with Gasteiger partial charge in [-0.1, -0.05) is 32.8 Å². The van der Waals surface area contributed by atoms with Crippen LogP contribution in [0.4, 0.5) is 21.8 Å². The van der Waals surface area contributed by atoms with E-state index in [2.05, 4.69) is 45.4 Å². The standard InChI is InChI=1S/C23H32FN5O2/c1-16(2)6-4-5-10-25-22-20(24)13-26-23(28-22)27-19-8-7-17-9-11-29(14-18(17)12-19)15-21(30)31-3/h7-8,12-13,16H,4-6,9-11,14-15H2,1-3H3,(H2,25,26,27,28). The lowest BCUT2D eigenvalue weighted by Gasteiger charge is -2.28. The zero-order valence-corrected chi connectivity index (χ0v) is 18.6. The third-order valence-corrected chi connectivity index (χ3v) is 5.38. The number of rotatable bonds is 10. The minimum Gasteiger partial charge on any atom is -0.468 e. The summed E-state index contributed by atoms with van der Waals surface area (Å²) < 4.78 is 18.9. The van der Waals surface area contributed by atoms with Crippen molar-refractivity contribution in [1.82, 2.24) is 14.9 Å². The van der Waals surface area contributed by atoms with Crippen molar-refractivity contribution in [3.05, 3.63) is 41.3 Å². The second kappa shape index (κ2) is 11.0. The Labute approximate surface area is 183 Å². The van der Waals surface area contributed by atoms with E-state index in [0.29, 0.717) is 25.0 Å². The van der Waals surface area contributed by atoms with Gasteiger partial charge in [0.1, 0.15) is 0 Å². The largest absolute Gasteiger partial charge is 0.468 e. The average Bonchev–Trinajstić information content (AvgIpc) is 2.75. The summed E-state index contributed by atoms with van der Waals surface area (Å²) in [6.45, 7) is 6.85. The molecule has 1 aromatic heterocycles. The van der Waals surface area contributed by atoms with Gasteiger partial charge in [0.15, 0.2) is 11.6 Å². The van der Waals surface area contributed by atoms with Crippen molar-refractivity contribution in [2.75, 3.05) is 37.4 Å². The maximum absolute atomic E-state index is 14.1. The number of esters is 1. The van der Waals surface area contributed by atoms with Gasteiger partial charge >= 0.3 is 5.97 Å². The SMILES string of the molecule is COC(=O)CN1CCc2ccc(Nc3ncc(F)c(NCCCCC(C)C)n3)cc2C1. The smallest absolute Gasteiger partial charge is 0.319 e. The summed E-state index contributed by atoms with van der Waals surface area (Å²) in [6.07, 6.45) is 5.30. The molecule has 168 valence electrons. The van der Waals surface area contributed by atoms with Gasteiger partial charge in [-0.25, -0.2) is 9.37 Å². The lowest BCUT2D eigenvalue weighted by atomic mass is 9.99. The molecule has 3 rings (SSSR count). The molecule has 2 aromatic rings. The van der Waals surface area contributed by atoms with Crippen molar-refractivity contribution in [2.45, 2.75) is 46.1 Å². The monoisotopic (exact) mass is 429 g/mol. The number of nitrogens with one attached hydrogen (secondary N) is 2. The number of methoxy groups -OCH3 is 1. The number of fused-ring (bicyclic) bond motifs is 1. The van der Waals surface area contributed by atoms with Crippen molar-refractivity contribution in [2.24, 2.45) is 5.92 Å². The van der Waals surface area contributed by atoms with Crippen molar-refractivity contribution >= 4 is 23.4 Å². The molecule has 31 heavy (non-hydrogen) atoms. The molecule has 0 radical (unpaired) electrons. The maximum Gasteiger partial charge on any atom is 0.319 e. The first-order valence-corrected chi connectivity index (χ1v) is 10.9. The number of anilines is 3. The van der Waals surface area contributed by atoms with Crippen LogP contribution < -0.4 is 10.6 Å². The van der Waals surface area contributed by atoms with Gasteiger partial charge in [-0.15, -0.1) is 0 Å². The summed E-state index contributed by atoms with van der Waals surface area (Å²) in [6, 6.07) is 6.08. The molecular weight excluding hydrogens is 397 g/mol. The molecule has 1 aromatic carbocycles. The van der Waals surface area contributed by atoms with Crippen LogP contribution in [0.25, 0.3) is 0 Å². The van der Waals surface area contributed by atoms with E-state index in [1.807, 2.05) is 12.1 Å². The normalized spacial score (nSPS) is 13.7. The lowest BCUT2D eigenvalue weighted by Crippen LogP contribution is -2.35. The van der Waals surface area contributed by atoms with Crippen LogP contribution in [0.1, 0.15) is 44.2 Å². The van der Waals surface area contributed by atoms with Crippen molar-refractivity contribution in [3.63, 3.8) is 0 Å². The number of unbranched alkanes of at least 4 members (excludes halogenated alkanes) is 1. The molecule has 0 fully saturated rings. The van der Waals surface area contributed by atoms with E-state index in [4.69, 9.17) is 4.74 Å². The fraction of sp³-hybridized carbons (Fsp3) is 0.522. The van der Waals surface area contributed by atoms with Crippen LogP contribution in [-0.2, 0) is 22.5 Å². The molecule has 0 atom stereocenters. The van der Waals surface area contributed by atoms with Gasteiger partial charge in [0.05, 0.1) is 19.9 Å². The Kier molecular flexibility index (Phi) is 8.17. The van der Waals surface area contributed by atoms with Crippen molar-refractivity contribution in [1.29, 1.82) is 0 Å². The predicted octanol–water partition coefficient (Wildman–Crippen LogP) is 4.13. The molecule has 0 unspecified atom stereocenters. The Hall–Kier alpha value is -2.74. The molecule has 0 bridgehead atoms. The molecular formula is C23H32FN5O2. The van der Waals surface area contributed by atoms with E-state index < -0.39 is 5.82 Å². The molecule has 2 heterocycles. The topological polar surface area (TPSA) is 79.4 Å². The average molecular weight is 430 g/mol. The van der Waals surface area contributed by atoms with Gasteiger partial charge in [-0.05, 0) is 42.0 Å². The Morgan fingerprint density at radius 3 is 2.90 bits per heavy atom. The van der Waals surface area contributed by atoms with Gasteiger partial charge in [0, 0.05) is 25.3 Å². The molecule has 0 saturated carbocycles. The zero-order chi connectivity index (χ0) is 22.2. The fourth-order valence-corrected chi connectivity index (χ4v) is 3.64. The molecule has 0 aliphatic carbocycles. The first-order chi connectivity index (χ1) is 14.9. The van der Waals surface area contributed by atoms with Crippen molar-refractivity contribution in [3.8, 4) is 0 Å². The number of hydrogen-bond donors (Lipinski definition) is 2. The van der Waals surface area contributed by atoms with Crippen LogP contribution in [0.5, 0.6) is 0 Å². The van der Waals surface area contributed by atoms with Gasteiger partial charge in [-0.3, -0.25) is 9.69 Å². The zero-order valence-electron chi connectivity index (χ0n) is 18.6. The minimum absolute atomic E-state index is 0.212. The molecule has 7 nitrogen and oxygen atoms in total. The molecule has 1 aliphatic heterocycles. The van der Waals surface area contributed by atoms with Crippen LogP contribution >= 0.6 is 0 Å². The summed E-state index contributed by atoms with van der Waals surface area (Å²) in [5, 5.41) is 6.24. The van der Waals surface area contributed by atoms with E-state index in [9.17, 15) is 9.18 Å². The first-order valence-electron chi connectivity index (χ1n) is 10.9. The number of halogens is 1. The number of benzene rings is 1. The summed E-state index contributed by atoms with van der Waals surface area (Å²) in [5.41, 5.74) is 3.23. The van der Waals surface area contributed by atoms with Crippen molar-refractivity contribution < 1.29 is 13.9 Å². The lowest BCUT2D eigenvalue weighted by molar-refractivity contribution is -0.142. The van der Waals surface area contributed by atoms with E-state index in [1.165, 1.54) is 18.9 Å². The highest BCUT2D eigenvalue weighted by Gasteiger charge is 2.19. The summed E-state index contributed by atoms with van der Waals surface area (Å²) in [5.74, 6) is 0.535. The predicted molar refractivity (Wildman–Crippen MR) is 120 cm³/mol. The summed E-state index contributed by atoms with van der Waals surface area (Å²) in [4.78, 5) is 22.0. The Morgan fingerprint density at radius 2 is 2.13 bits per heavy atom. The maximum atomic E-state index is 14.1. The van der Waals surface area contributed by atoms with Crippen LogP contribution in [0.3, 0.4) is 0 Å². The number of nitrogens with zero attached hydrogens (tertiary/aromatic N) is 3. The Morgan fingerprint density at radius 1 is 1.29 bits per heavy atom. The van der Waals surface area contributed by atoms with E-state index >= 15 is 0 Å². The Bertz CT molecular complexity index is 890. The highest BCUT2D eigenvalue weighted by atomic mass is 19.1. The van der Waals surface area contributed by atoms with E-state index in [0.717, 1.165) is 43.5 Å². The van der Waals surface area contributed by atoms with Crippen LogP contribution in [0.15, 0.2) is 24.4 Å². The number of ether oxygens (including phenoxy) is 1. The number of carbonyl (C=O) groups excluding carboxylic acids is 1. The van der Waals surface area contributed by atoms with Gasteiger partial charge in [0.2, 0.25) is 5.95 Å². The van der Waals surface area contributed by atoms with E-state index in [-0.39, 0.29) is 18.3 Å². The molecule has 0 spiro atoms. The minimum atomic E-state index is -0.460. The van der Waals surface area contributed by atoms with Crippen LogP contribution in [0, 0.1) is 11.7 Å². The Balaban J connectivity index is 1.61. The quantitative estimate of drug-likeness (QED) is 0.434. The number of carbonyl (C=O) groups is 1. The molecule has 2 N–H and O–H groups in total. The summed E-state index contributed by atoms with van der Waals surface area (Å²) in [7, 11) is 1.40. The van der Waals surface area contributed by atoms with Crippen LogP contribution in [0.2, 0.25) is 0 Å². The van der Waals surface area contributed by atoms with Crippen LogP contribution in [-0.4, -0.2) is 47.6 Å². The molecule has 1 aliphatic rings. The fourth-order valence-electron chi connectivity index (χ4n) is 3.64. The van der Waals surface area contributed by atoms with Gasteiger partial charge < -0.3 is 15.4 Å².